The Morgan fingerprint density at radius 2 is 2.33 bits per heavy atom. The van der Waals surface area contributed by atoms with E-state index in [1.165, 1.54) is 0 Å². The summed E-state index contributed by atoms with van der Waals surface area (Å²) in [6.07, 6.45) is 4.89. The number of nitrogens with zero attached hydrogens (tertiary/aromatic N) is 3. The zero-order chi connectivity index (χ0) is 14.7. The lowest BCUT2D eigenvalue weighted by molar-refractivity contribution is 0.449. The molecule has 0 unspecified atom stereocenters. The average molecular weight is 302 g/mol. The molecule has 0 bridgehead atoms. The minimum Gasteiger partial charge on any atom is -0.435 e. The minimum atomic E-state index is 0.654. The van der Waals surface area contributed by atoms with Gasteiger partial charge in [0.2, 0.25) is 5.88 Å². The molecule has 0 fully saturated rings. The van der Waals surface area contributed by atoms with Crippen LogP contribution >= 0.6 is 11.3 Å². The molecule has 0 aliphatic heterocycles. The molecule has 1 N–H and O–H groups in total. The summed E-state index contributed by atoms with van der Waals surface area (Å²) in [5.41, 5.74) is 1.91. The maximum absolute atomic E-state index is 5.99. The van der Waals surface area contributed by atoms with Gasteiger partial charge < -0.3 is 10.1 Å². The summed E-state index contributed by atoms with van der Waals surface area (Å²) in [5, 5.41) is 5.44. The fourth-order valence-corrected chi connectivity index (χ4v) is 2.84. The Balaban J connectivity index is 1.91. The third-order valence-corrected chi connectivity index (χ3v) is 3.97. The molecule has 0 radical (unpaired) electrons. The highest BCUT2D eigenvalue weighted by Crippen LogP contribution is 2.28. The van der Waals surface area contributed by atoms with Gasteiger partial charge in [-0.3, -0.25) is 9.38 Å². The molecule has 0 saturated carbocycles. The molecule has 0 saturated heterocycles. The standard InChI is InChI=1S/C15H18N4OS/c1-3-6-16-10-12-14(18-15-19(12)8-9-21-15)20-13-5-4-7-17-11(13)2/h4-5,7-9,16H,3,6,10H2,1-2H3. The van der Waals surface area contributed by atoms with Gasteiger partial charge in [0.1, 0.15) is 5.69 Å². The van der Waals surface area contributed by atoms with E-state index in [1.807, 2.05) is 30.6 Å². The number of ether oxygens (including phenoxy) is 1. The molecule has 5 nitrogen and oxygen atoms in total. The first-order valence-electron chi connectivity index (χ1n) is 7.04. The molecule has 3 rings (SSSR count). The van der Waals surface area contributed by atoms with Crippen molar-refractivity contribution in [2.45, 2.75) is 26.8 Å². The van der Waals surface area contributed by atoms with E-state index in [0.29, 0.717) is 5.88 Å². The van der Waals surface area contributed by atoms with Crippen molar-refractivity contribution in [1.82, 2.24) is 19.7 Å². The lowest BCUT2D eigenvalue weighted by atomic mass is 10.3. The molecule has 21 heavy (non-hydrogen) atoms. The normalized spacial score (nSPS) is 11.1. The molecule has 3 heterocycles. The molecule has 0 atom stereocenters. The van der Waals surface area contributed by atoms with Crippen LogP contribution in [-0.2, 0) is 6.54 Å². The summed E-state index contributed by atoms with van der Waals surface area (Å²) in [4.78, 5) is 9.77. The number of nitrogens with one attached hydrogen (secondary N) is 1. The van der Waals surface area contributed by atoms with Crippen LogP contribution in [0.1, 0.15) is 24.7 Å². The molecule has 0 aromatic carbocycles. The topological polar surface area (TPSA) is 51.5 Å². The second kappa shape index (κ2) is 6.24. The monoisotopic (exact) mass is 302 g/mol. The van der Waals surface area contributed by atoms with Gasteiger partial charge in [0.05, 0.1) is 5.69 Å². The van der Waals surface area contributed by atoms with Crippen molar-refractivity contribution in [2.24, 2.45) is 0 Å². The molecule has 0 spiro atoms. The third-order valence-electron chi connectivity index (χ3n) is 3.21. The van der Waals surface area contributed by atoms with Gasteiger partial charge in [0.15, 0.2) is 10.7 Å². The van der Waals surface area contributed by atoms with Gasteiger partial charge >= 0.3 is 0 Å². The SMILES string of the molecule is CCCNCc1c(Oc2cccnc2C)nc2sccn12. The van der Waals surface area contributed by atoms with E-state index in [-0.39, 0.29) is 0 Å². The molecular formula is C15H18N4OS. The van der Waals surface area contributed by atoms with E-state index >= 15 is 0 Å². The molecule has 3 aromatic rings. The average Bonchev–Trinajstić information content (AvgIpc) is 3.04. The Morgan fingerprint density at radius 1 is 1.43 bits per heavy atom. The number of thiazole rings is 1. The van der Waals surface area contributed by atoms with Gasteiger partial charge in [-0.05, 0) is 32.0 Å². The first-order valence-corrected chi connectivity index (χ1v) is 7.92. The molecule has 3 aromatic heterocycles. The largest absolute Gasteiger partial charge is 0.435 e. The maximum Gasteiger partial charge on any atom is 0.243 e. The lowest BCUT2D eigenvalue weighted by Crippen LogP contribution is -2.15. The van der Waals surface area contributed by atoms with Gasteiger partial charge in [-0.25, -0.2) is 0 Å². The van der Waals surface area contributed by atoms with Crippen molar-refractivity contribution in [3.05, 3.63) is 41.3 Å². The van der Waals surface area contributed by atoms with Gasteiger partial charge in [-0.1, -0.05) is 6.92 Å². The van der Waals surface area contributed by atoms with Gasteiger partial charge in [0.25, 0.3) is 0 Å². The molecule has 0 aliphatic carbocycles. The van der Waals surface area contributed by atoms with Crippen LogP contribution in [0.2, 0.25) is 0 Å². The molecule has 0 aliphatic rings. The Labute approximate surface area is 127 Å². The quantitative estimate of drug-likeness (QED) is 0.709. The van der Waals surface area contributed by atoms with Gasteiger partial charge in [0, 0.05) is 24.3 Å². The Morgan fingerprint density at radius 3 is 3.14 bits per heavy atom. The highest BCUT2D eigenvalue weighted by Gasteiger charge is 2.15. The van der Waals surface area contributed by atoms with Crippen molar-refractivity contribution in [3.63, 3.8) is 0 Å². The van der Waals surface area contributed by atoms with E-state index < -0.39 is 0 Å². The Hall–Kier alpha value is -1.92. The van der Waals surface area contributed by atoms with E-state index in [9.17, 15) is 0 Å². The van der Waals surface area contributed by atoms with Gasteiger partial charge in [-0.15, -0.1) is 11.3 Å². The molecule has 6 heteroatoms. The fraction of sp³-hybridized carbons (Fsp3) is 0.333. The first-order chi connectivity index (χ1) is 10.3. The molecule has 110 valence electrons. The number of fused-ring (bicyclic) bond motifs is 1. The first kappa shape index (κ1) is 14.0. The van der Waals surface area contributed by atoms with Crippen LogP contribution in [0, 0.1) is 6.92 Å². The molecule has 0 amide bonds. The van der Waals surface area contributed by atoms with E-state index in [0.717, 1.165) is 41.6 Å². The van der Waals surface area contributed by atoms with Crippen molar-refractivity contribution in [3.8, 4) is 11.6 Å². The van der Waals surface area contributed by atoms with Crippen LogP contribution in [-0.4, -0.2) is 20.9 Å². The van der Waals surface area contributed by atoms with Crippen molar-refractivity contribution >= 4 is 16.3 Å². The number of hydrogen-bond acceptors (Lipinski definition) is 5. The Bertz CT molecular complexity index is 734. The number of pyridine rings is 1. The highest BCUT2D eigenvalue weighted by atomic mass is 32.1. The van der Waals surface area contributed by atoms with Crippen LogP contribution in [0.25, 0.3) is 4.96 Å². The number of aryl methyl sites for hydroxylation is 1. The minimum absolute atomic E-state index is 0.654. The number of imidazole rings is 1. The summed E-state index contributed by atoms with van der Waals surface area (Å²) in [5.74, 6) is 1.40. The van der Waals surface area contributed by atoms with E-state index in [2.05, 4.69) is 26.6 Å². The van der Waals surface area contributed by atoms with Gasteiger partial charge in [-0.2, -0.15) is 4.98 Å². The predicted octanol–water partition coefficient (Wildman–Crippen LogP) is 3.39. The van der Waals surface area contributed by atoms with E-state index in [4.69, 9.17) is 4.74 Å². The number of rotatable bonds is 6. The zero-order valence-electron chi connectivity index (χ0n) is 12.2. The second-order valence-corrected chi connectivity index (χ2v) is 5.66. The van der Waals surface area contributed by atoms with Crippen LogP contribution in [0.4, 0.5) is 0 Å². The van der Waals surface area contributed by atoms with Crippen molar-refractivity contribution in [1.29, 1.82) is 0 Å². The summed E-state index contributed by atoms with van der Waals surface area (Å²) >= 11 is 1.60. The second-order valence-electron chi connectivity index (χ2n) is 4.79. The maximum atomic E-state index is 5.99. The summed E-state index contributed by atoms with van der Waals surface area (Å²) in [6, 6.07) is 3.79. The summed E-state index contributed by atoms with van der Waals surface area (Å²) < 4.78 is 8.06. The Kier molecular flexibility index (Phi) is 4.17. The van der Waals surface area contributed by atoms with Crippen LogP contribution in [0.3, 0.4) is 0 Å². The summed E-state index contributed by atoms with van der Waals surface area (Å²) in [6.45, 7) is 5.80. The highest BCUT2D eigenvalue weighted by molar-refractivity contribution is 7.15. The predicted molar refractivity (Wildman–Crippen MR) is 84.1 cm³/mol. The smallest absolute Gasteiger partial charge is 0.243 e. The van der Waals surface area contributed by atoms with Crippen molar-refractivity contribution < 1.29 is 4.74 Å². The summed E-state index contributed by atoms with van der Waals surface area (Å²) in [7, 11) is 0. The number of hydrogen-bond donors (Lipinski definition) is 1. The third kappa shape index (κ3) is 2.91. The fourth-order valence-electron chi connectivity index (χ4n) is 2.12. The number of aromatic nitrogens is 3. The lowest BCUT2D eigenvalue weighted by Gasteiger charge is -2.08. The van der Waals surface area contributed by atoms with Crippen LogP contribution in [0.15, 0.2) is 29.9 Å². The van der Waals surface area contributed by atoms with Crippen molar-refractivity contribution in [2.75, 3.05) is 6.54 Å². The van der Waals surface area contributed by atoms with E-state index in [1.54, 1.807) is 17.5 Å². The molecular weight excluding hydrogens is 284 g/mol. The van der Waals surface area contributed by atoms with Crippen LogP contribution in [0.5, 0.6) is 11.6 Å². The van der Waals surface area contributed by atoms with Crippen LogP contribution < -0.4 is 10.1 Å². The zero-order valence-corrected chi connectivity index (χ0v) is 13.0.